The van der Waals surface area contributed by atoms with Crippen molar-refractivity contribution in [2.45, 2.75) is 18.9 Å². The molecule has 0 radical (unpaired) electrons. The van der Waals surface area contributed by atoms with Crippen molar-refractivity contribution in [3.05, 3.63) is 0 Å². The van der Waals surface area contributed by atoms with Crippen LogP contribution in [0.3, 0.4) is 0 Å². The van der Waals surface area contributed by atoms with Gasteiger partial charge >= 0.3 is 6.09 Å². The molecule has 1 rings (SSSR count). The summed E-state index contributed by atoms with van der Waals surface area (Å²) >= 11 is 0. The minimum Gasteiger partial charge on any atom is -0.453 e. The largest absolute Gasteiger partial charge is 0.453 e. The molecule has 5 heteroatoms. The van der Waals surface area contributed by atoms with E-state index in [1.807, 2.05) is 0 Å². The van der Waals surface area contributed by atoms with Crippen LogP contribution < -0.4 is 10.6 Å². The maximum atomic E-state index is 10.7. The molecule has 72 valence electrons. The minimum atomic E-state index is -0.335. The van der Waals surface area contributed by atoms with Crippen molar-refractivity contribution < 1.29 is 9.53 Å². The van der Waals surface area contributed by atoms with Crippen molar-refractivity contribution in [3.63, 3.8) is 0 Å². The van der Waals surface area contributed by atoms with Crippen LogP contribution in [0.2, 0.25) is 0 Å². The van der Waals surface area contributed by atoms with E-state index >= 15 is 0 Å². The summed E-state index contributed by atoms with van der Waals surface area (Å²) in [6, 6.07) is 0.246. The number of hydrogen-bond acceptors (Lipinski definition) is 3. The first kappa shape index (κ1) is 11.5. The highest BCUT2D eigenvalue weighted by atomic mass is 35.5. The lowest BCUT2D eigenvalue weighted by atomic mass is 10.1. The molecular formula is C7H15ClN2O2. The van der Waals surface area contributed by atoms with E-state index in [1.165, 1.54) is 7.11 Å². The van der Waals surface area contributed by atoms with Crippen LogP contribution in [0.25, 0.3) is 0 Å². The van der Waals surface area contributed by atoms with Gasteiger partial charge in [-0.1, -0.05) is 0 Å². The standard InChI is InChI=1S/C7H14N2O2.ClH/c1-11-7(10)9-6-3-2-4-8-5-6;/h6,8H,2-5H2,1H3,(H,9,10);1H/t6-;/m0./s1. The fourth-order valence-electron chi connectivity index (χ4n) is 1.20. The van der Waals surface area contributed by atoms with Gasteiger partial charge in [-0.15, -0.1) is 12.4 Å². The van der Waals surface area contributed by atoms with Crippen LogP contribution in [0.15, 0.2) is 0 Å². The summed E-state index contributed by atoms with van der Waals surface area (Å²) < 4.78 is 4.48. The van der Waals surface area contributed by atoms with E-state index in [0.29, 0.717) is 0 Å². The molecule has 0 unspecified atom stereocenters. The molecule has 0 aliphatic carbocycles. The van der Waals surface area contributed by atoms with Crippen molar-refractivity contribution in [2.24, 2.45) is 0 Å². The average molecular weight is 195 g/mol. The SMILES string of the molecule is COC(=O)N[C@H]1CCCNC1.Cl. The first-order chi connectivity index (χ1) is 5.33. The van der Waals surface area contributed by atoms with E-state index in [1.54, 1.807) is 0 Å². The number of ether oxygens (including phenoxy) is 1. The normalized spacial score (nSPS) is 22.2. The van der Waals surface area contributed by atoms with Gasteiger partial charge in [-0.25, -0.2) is 4.79 Å². The summed E-state index contributed by atoms with van der Waals surface area (Å²) in [4.78, 5) is 10.7. The van der Waals surface area contributed by atoms with E-state index in [4.69, 9.17) is 0 Å². The Morgan fingerprint density at radius 2 is 2.42 bits per heavy atom. The third kappa shape index (κ3) is 3.78. The summed E-state index contributed by atoms with van der Waals surface area (Å²) in [7, 11) is 1.38. The second-order valence-electron chi connectivity index (χ2n) is 2.68. The molecule has 2 N–H and O–H groups in total. The minimum absolute atomic E-state index is 0. The highest BCUT2D eigenvalue weighted by Crippen LogP contribution is 2.00. The third-order valence-electron chi connectivity index (χ3n) is 1.80. The fraction of sp³-hybridized carbons (Fsp3) is 0.857. The molecule has 0 aromatic heterocycles. The van der Waals surface area contributed by atoms with Gasteiger partial charge in [0.2, 0.25) is 0 Å². The number of rotatable bonds is 1. The molecule has 1 atom stereocenters. The van der Waals surface area contributed by atoms with Crippen LogP contribution in [0, 0.1) is 0 Å². The lowest BCUT2D eigenvalue weighted by molar-refractivity contribution is 0.164. The van der Waals surface area contributed by atoms with E-state index in [0.717, 1.165) is 25.9 Å². The number of carbonyl (C=O) groups excluding carboxylic acids is 1. The predicted octanol–water partition coefficient (Wildman–Crippen LogP) is 0.516. The highest BCUT2D eigenvalue weighted by Gasteiger charge is 2.14. The average Bonchev–Trinajstić information content (AvgIpc) is 2.06. The molecule has 1 aliphatic heterocycles. The van der Waals surface area contributed by atoms with Crippen LogP contribution in [-0.4, -0.2) is 32.3 Å². The fourth-order valence-corrected chi connectivity index (χ4v) is 1.20. The molecule has 0 spiro atoms. The Morgan fingerprint density at radius 1 is 1.67 bits per heavy atom. The molecule has 0 bridgehead atoms. The van der Waals surface area contributed by atoms with Crippen molar-refractivity contribution in [2.75, 3.05) is 20.2 Å². The molecule has 0 aromatic rings. The summed E-state index contributed by atoms with van der Waals surface area (Å²) in [5.41, 5.74) is 0. The van der Waals surface area contributed by atoms with Gasteiger partial charge < -0.3 is 15.4 Å². The van der Waals surface area contributed by atoms with E-state index < -0.39 is 0 Å². The van der Waals surface area contributed by atoms with Gasteiger partial charge in [-0.2, -0.15) is 0 Å². The first-order valence-corrected chi connectivity index (χ1v) is 3.88. The van der Waals surface area contributed by atoms with E-state index in [-0.39, 0.29) is 24.5 Å². The Labute approximate surface area is 78.5 Å². The zero-order valence-electron chi connectivity index (χ0n) is 7.13. The first-order valence-electron chi connectivity index (χ1n) is 3.88. The van der Waals surface area contributed by atoms with Crippen molar-refractivity contribution in [1.82, 2.24) is 10.6 Å². The zero-order chi connectivity index (χ0) is 8.10. The number of halogens is 1. The zero-order valence-corrected chi connectivity index (χ0v) is 7.95. The molecule has 1 amide bonds. The third-order valence-corrected chi connectivity index (χ3v) is 1.80. The van der Waals surface area contributed by atoms with Gasteiger partial charge in [-0.05, 0) is 19.4 Å². The number of piperidine rings is 1. The molecule has 4 nitrogen and oxygen atoms in total. The van der Waals surface area contributed by atoms with Crippen LogP contribution in [-0.2, 0) is 4.74 Å². The van der Waals surface area contributed by atoms with Crippen molar-refractivity contribution in [3.8, 4) is 0 Å². The number of nitrogens with one attached hydrogen (secondary N) is 2. The van der Waals surface area contributed by atoms with Gasteiger partial charge in [0.15, 0.2) is 0 Å². The second-order valence-corrected chi connectivity index (χ2v) is 2.68. The van der Waals surface area contributed by atoms with Crippen LogP contribution in [0.1, 0.15) is 12.8 Å². The number of amides is 1. The lowest BCUT2D eigenvalue weighted by Gasteiger charge is -2.22. The summed E-state index contributed by atoms with van der Waals surface area (Å²) in [5, 5.41) is 5.94. The topological polar surface area (TPSA) is 50.4 Å². The van der Waals surface area contributed by atoms with Gasteiger partial charge in [0, 0.05) is 12.6 Å². The molecular weight excluding hydrogens is 180 g/mol. The van der Waals surface area contributed by atoms with Crippen molar-refractivity contribution in [1.29, 1.82) is 0 Å². The van der Waals surface area contributed by atoms with Crippen LogP contribution in [0.5, 0.6) is 0 Å². The Balaban J connectivity index is 0.00000121. The number of methoxy groups -OCH3 is 1. The molecule has 1 aliphatic rings. The number of hydrogen-bond donors (Lipinski definition) is 2. The number of alkyl carbamates (subject to hydrolysis) is 1. The second kappa shape index (κ2) is 6.08. The van der Waals surface area contributed by atoms with Gasteiger partial charge in [0.25, 0.3) is 0 Å². The van der Waals surface area contributed by atoms with Crippen molar-refractivity contribution >= 4 is 18.5 Å². The Kier molecular flexibility index (Phi) is 5.84. The Hall–Kier alpha value is -0.480. The smallest absolute Gasteiger partial charge is 0.407 e. The quantitative estimate of drug-likeness (QED) is 0.640. The molecule has 0 aromatic carbocycles. The van der Waals surface area contributed by atoms with E-state index in [9.17, 15) is 4.79 Å². The van der Waals surface area contributed by atoms with Gasteiger partial charge in [0.05, 0.1) is 7.11 Å². The van der Waals surface area contributed by atoms with Gasteiger partial charge in [0.1, 0.15) is 0 Å². The summed E-state index contributed by atoms with van der Waals surface area (Å²) in [5.74, 6) is 0. The molecule has 1 fully saturated rings. The molecule has 1 saturated heterocycles. The Bertz CT molecular complexity index is 137. The number of carbonyl (C=O) groups is 1. The summed E-state index contributed by atoms with van der Waals surface area (Å²) in [6.07, 6.45) is 1.83. The predicted molar refractivity (Wildman–Crippen MR) is 48.7 cm³/mol. The van der Waals surface area contributed by atoms with E-state index in [2.05, 4.69) is 15.4 Å². The monoisotopic (exact) mass is 194 g/mol. The van der Waals surface area contributed by atoms with Crippen LogP contribution >= 0.6 is 12.4 Å². The Morgan fingerprint density at radius 3 is 2.92 bits per heavy atom. The molecule has 12 heavy (non-hydrogen) atoms. The lowest BCUT2D eigenvalue weighted by Crippen LogP contribution is -2.45. The highest BCUT2D eigenvalue weighted by molar-refractivity contribution is 5.85. The molecule has 1 heterocycles. The molecule has 0 saturated carbocycles. The summed E-state index contributed by atoms with van der Waals surface area (Å²) in [6.45, 7) is 1.91. The van der Waals surface area contributed by atoms with Gasteiger partial charge in [-0.3, -0.25) is 0 Å². The van der Waals surface area contributed by atoms with Crippen LogP contribution in [0.4, 0.5) is 4.79 Å². The maximum absolute atomic E-state index is 10.7. The maximum Gasteiger partial charge on any atom is 0.407 e.